The lowest BCUT2D eigenvalue weighted by molar-refractivity contribution is 0.0691. The lowest BCUT2D eigenvalue weighted by Gasteiger charge is -2.07. The number of nitrogens with one attached hydrogen (secondary N) is 1. The number of nitrogens with zero attached hydrogens (tertiary/aromatic N) is 1. The number of carboxylic acid groups (broad SMARTS) is 1. The van der Waals surface area contributed by atoms with Crippen LogP contribution in [-0.4, -0.2) is 22.0 Å². The smallest absolute Gasteiger partial charge is 0.338 e. The fourth-order valence-electron chi connectivity index (χ4n) is 1.46. The molecule has 0 atom stereocenters. The number of hydrogen-bond donors (Lipinski definition) is 2. The first kappa shape index (κ1) is 14.1. The maximum atomic E-state index is 13.5. The fourth-order valence-corrected chi connectivity index (χ4v) is 2.13. The Morgan fingerprint density at radius 1 is 1.30 bits per heavy atom. The predicted octanol–water partition coefficient (Wildman–Crippen LogP) is 2.68. The van der Waals surface area contributed by atoms with Crippen LogP contribution in [-0.2, 0) is 0 Å². The average Bonchev–Trinajstić information content (AvgIpc) is 2.79. The Morgan fingerprint density at radius 3 is 2.55 bits per heavy atom. The van der Waals surface area contributed by atoms with Crippen LogP contribution in [0.5, 0.6) is 0 Å². The molecule has 0 radical (unpaired) electrons. The summed E-state index contributed by atoms with van der Waals surface area (Å²) in [6, 6.07) is 1.15. The number of benzene rings is 1. The van der Waals surface area contributed by atoms with E-state index >= 15 is 0 Å². The highest BCUT2D eigenvalue weighted by molar-refractivity contribution is 7.13. The molecule has 1 aromatic carbocycles. The van der Waals surface area contributed by atoms with Crippen LogP contribution in [0.1, 0.15) is 25.0 Å². The summed E-state index contributed by atoms with van der Waals surface area (Å²) in [5, 5.41) is 11.6. The first-order valence-electron chi connectivity index (χ1n) is 5.34. The molecule has 0 saturated heterocycles. The SMILES string of the molecule is Cc1ncc(C(=O)Nc2cc(C(=O)O)c(F)cc2F)s1. The van der Waals surface area contributed by atoms with E-state index in [-0.39, 0.29) is 4.88 Å². The van der Waals surface area contributed by atoms with Crippen LogP contribution < -0.4 is 5.32 Å². The van der Waals surface area contributed by atoms with Gasteiger partial charge in [-0.25, -0.2) is 18.6 Å². The van der Waals surface area contributed by atoms with Gasteiger partial charge < -0.3 is 10.4 Å². The number of thiazole rings is 1. The monoisotopic (exact) mass is 298 g/mol. The number of aryl methyl sites for hydroxylation is 1. The van der Waals surface area contributed by atoms with Crippen LogP contribution in [0.2, 0.25) is 0 Å². The average molecular weight is 298 g/mol. The molecular weight excluding hydrogens is 290 g/mol. The molecule has 0 fully saturated rings. The van der Waals surface area contributed by atoms with E-state index in [4.69, 9.17) is 5.11 Å². The molecule has 104 valence electrons. The molecule has 8 heteroatoms. The number of aromatic nitrogens is 1. The van der Waals surface area contributed by atoms with Crippen LogP contribution >= 0.6 is 11.3 Å². The number of carbonyl (C=O) groups is 2. The van der Waals surface area contributed by atoms with Crippen molar-refractivity contribution in [3.63, 3.8) is 0 Å². The van der Waals surface area contributed by atoms with Crippen molar-refractivity contribution in [1.82, 2.24) is 4.98 Å². The van der Waals surface area contributed by atoms with Crippen molar-refractivity contribution in [3.05, 3.63) is 45.4 Å². The number of carboxylic acids is 1. The highest BCUT2D eigenvalue weighted by Gasteiger charge is 2.18. The second kappa shape index (κ2) is 5.33. The van der Waals surface area contributed by atoms with E-state index < -0.39 is 34.8 Å². The van der Waals surface area contributed by atoms with E-state index in [0.29, 0.717) is 11.1 Å². The predicted molar refractivity (Wildman–Crippen MR) is 68.1 cm³/mol. The number of amides is 1. The van der Waals surface area contributed by atoms with Crippen LogP contribution in [0.15, 0.2) is 18.3 Å². The molecule has 0 aliphatic rings. The standard InChI is InChI=1S/C12H8F2N2O3S/c1-5-15-4-10(20-5)11(17)16-9-2-6(12(18)19)7(13)3-8(9)14/h2-4H,1H3,(H,16,17)(H,18,19). The Morgan fingerprint density at radius 2 is 2.00 bits per heavy atom. The first-order chi connectivity index (χ1) is 9.38. The van der Waals surface area contributed by atoms with Crippen molar-refractivity contribution in [3.8, 4) is 0 Å². The third kappa shape index (κ3) is 2.80. The molecule has 2 N–H and O–H groups in total. The molecule has 2 aromatic rings. The fraction of sp³-hybridized carbons (Fsp3) is 0.0833. The summed E-state index contributed by atoms with van der Waals surface area (Å²) in [6.45, 7) is 1.70. The van der Waals surface area contributed by atoms with Gasteiger partial charge in [-0.2, -0.15) is 0 Å². The van der Waals surface area contributed by atoms with Crippen molar-refractivity contribution >= 4 is 28.9 Å². The normalized spacial score (nSPS) is 10.3. The molecule has 0 spiro atoms. The number of anilines is 1. The van der Waals surface area contributed by atoms with E-state index in [1.807, 2.05) is 0 Å². The first-order valence-corrected chi connectivity index (χ1v) is 6.16. The topological polar surface area (TPSA) is 79.3 Å². The molecule has 5 nitrogen and oxygen atoms in total. The molecular formula is C12H8F2N2O3S. The molecule has 0 unspecified atom stereocenters. The Hall–Kier alpha value is -2.35. The van der Waals surface area contributed by atoms with Crippen molar-refractivity contribution in [2.24, 2.45) is 0 Å². The molecule has 1 aromatic heterocycles. The summed E-state index contributed by atoms with van der Waals surface area (Å²) in [6.07, 6.45) is 1.31. The third-order valence-electron chi connectivity index (χ3n) is 2.38. The van der Waals surface area contributed by atoms with Gasteiger partial charge in [0.05, 0.1) is 22.5 Å². The lowest BCUT2D eigenvalue weighted by Crippen LogP contribution is -2.13. The van der Waals surface area contributed by atoms with Crippen molar-refractivity contribution in [2.75, 3.05) is 5.32 Å². The Bertz CT molecular complexity index is 700. The van der Waals surface area contributed by atoms with Crippen LogP contribution in [0.4, 0.5) is 14.5 Å². The maximum Gasteiger partial charge on any atom is 0.338 e. The number of hydrogen-bond acceptors (Lipinski definition) is 4. The van der Waals surface area contributed by atoms with Crippen LogP contribution in [0.3, 0.4) is 0 Å². The minimum absolute atomic E-state index is 0.239. The lowest BCUT2D eigenvalue weighted by atomic mass is 10.1. The summed E-state index contributed by atoms with van der Waals surface area (Å²) in [7, 11) is 0. The largest absolute Gasteiger partial charge is 0.478 e. The maximum absolute atomic E-state index is 13.5. The van der Waals surface area contributed by atoms with Gasteiger partial charge in [-0.1, -0.05) is 0 Å². The summed E-state index contributed by atoms with van der Waals surface area (Å²) in [5.74, 6) is -4.45. The molecule has 20 heavy (non-hydrogen) atoms. The summed E-state index contributed by atoms with van der Waals surface area (Å²) < 4.78 is 26.7. The second-order valence-corrected chi connectivity index (χ2v) is 5.05. The van der Waals surface area contributed by atoms with E-state index in [1.54, 1.807) is 6.92 Å². The van der Waals surface area contributed by atoms with Gasteiger partial charge in [0.15, 0.2) is 0 Å². The minimum Gasteiger partial charge on any atom is -0.478 e. The molecule has 0 bridgehead atoms. The summed E-state index contributed by atoms with van der Waals surface area (Å²) in [5.41, 5.74) is -1.12. The number of rotatable bonds is 3. The van der Waals surface area contributed by atoms with Gasteiger partial charge in [0, 0.05) is 6.07 Å². The number of aromatic carboxylic acids is 1. The number of halogens is 2. The van der Waals surface area contributed by atoms with Gasteiger partial charge in [-0.3, -0.25) is 4.79 Å². The molecule has 0 aliphatic carbocycles. The van der Waals surface area contributed by atoms with E-state index in [0.717, 1.165) is 17.4 Å². The van der Waals surface area contributed by atoms with Gasteiger partial charge in [-0.15, -0.1) is 11.3 Å². The van der Waals surface area contributed by atoms with Crippen LogP contribution in [0, 0.1) is 18.6 Å². The highest BCUT2D eigenvalue weighted by atomic mass is 32.1. The van der Waals surface area contributed by atoms with Crippen molar-refractivity contribution in [2.45, 2.75) is 6.92 Å². The second-order valence-electron chi connectivity index (χ2n) is 3.81. The van der Waals surface area contributed by atoms with Gasteiger partial charge in [0.25, 0.3) is 5.91 Å². The third-order valence-corrected chi connectivity index (χ3v) is 3.29. The molecule has 0 saturated carbocycles. The number of carbonyl (C=O) groups excluding carboxylic acids is 1. The zero-order chi connectivity index (χ0) is 14.9. The van der Waals surface area contributed by atoms with E-state index in [1.165, 1.54) is 6.20 Å². The van der Waals surface area contributed by atoms with Crippen molar-refractivity contribution < 1.29 is 23.5 Å². The summed E-state index contributed by atoms with van der Waals surface area (Å²) in [4.78, 5) is 26.7. The Labute approximate surface area is 115 Å². The Balaban J connectivity index is 2.31. The zero-order valence-corrected chi connectivity index (χ0v) is 10.9. The quantitative estimate of drug-likeness (QED) is 0.913. The van der Waals surface area contributed by atoms with Crippen LogP contribution in [0.25, 0.3) is 0 Å². The van der Waals surface area contributed by atoms with Gasteiger partial charge in [0.1, 0.15) is 16.5 Å². The van der Waals surface area contributed by atoms with Gasteiger partial charge in [0.2, 0.25) is 0 Å². The molecule has 1 amide bonds. The molecule has 2 rings (SSSR count). The van der Waals surface area contributed by atoms with E-state index in [9.17, 15) is 18.4 Å². The molecule has 1 heterocycles. The van der Waals surface area contributed by atoms with Gasteiger partial charge >= 0.3 is 5.97 Å². The molecule has 0 aliphatic heterocycles. The summed E-state index contributed by atoms with van der Waals surface area (Å²) >= 11 is 1.10. The van der Waals surface area contributed by atoms with E-state index in [2.05, 4.69) is 10.3 Å². The highest BCUT2D eigenvalue weighted by Crippen LogP contribution is 2.21. The Kier molecular flexibility index (Phi) is 3.75. The zero-order valence-electron chi connectivity index (χ0n) is 10.1. The van der Waals surface area contributed by atoms with Gasteiger partial charge in [-0.05, 0) is 13.0 Å². The van der Waals surface area contributed by atoms with Crippen molar-refractivity contribution in [1.29, 1.82) is 0 Å². The minimum atomic E-state index is -1.55.